The first-order valence-corrected chi connectivity index (χ1v) is 6.02. The summed E-state index contributed by atoms with van der Waals surface area (Å²) in [5, 5.41) is 18.5. The second kappa shape index (κ2) is 5.58. The summed E-state index contributed by atoms with van der Waals surface area (Å²) in [5.41, 5.74) is -0.505. The molecule has 0 aliphatic carbocycles. The van der Waals surface area contributed by atoms with Crippen LogP contribution in [0.25, 0.3) is 0 Å². The smallest absolute Gasteiger partial charge is 0.236 e. The molecule has 1 N–H and O–H groups in total. The fraction of sp³-hybridized carbons (Fsp3) is 0.0909. The van der Waals surface area contributed by atoms with E-state index in [0.29, 0.717) is 5.17 Å². The van der Waals surface area contributed by atoms with E-state index in [1.165, 1.54) is 12.1 Å². The molecular weight excluding hydrogens is 274 g/mol. The van der Waals surface area contributed by atoms with E-state index in [1.807, 2.05) is 0 Å². The average Bonchev–Trinajstić information content (AvgIpc) is 2.81. The Bertz CT molecular complexity index is 636. The summed E-state index contributed by atoms with van der Waals surface area (Å²) >= 11 is 1.16. The number of halogens is 2. The number of nitriles is 1. The van der Waals surface area contributed by atoms with E-state index in [4.69, 9.17) is 5.26 Å². The zero-order valence-electron chi connectivity index (χ0n) is 9.35. The zero-order chi connectivity index (χ0) is 13.8. The van der Waals surface area contributed by atoms with Gasteiger partial charge >= 0.3 is 0 Å². The van der Waals surface area contributed by atoms with Crippen molar-refractivity contribution in [3.63, 3.8) is 0 Å². The molecule has 1 aromatic rings. The van der Waals surface area contributed by atoms with E-state index in [-0.39, 0.29) is 22.8 Å². The minimum absolute atomic E-state index is 0.129. The molecule has 1 fully saturated rings. The van der Waals surface area contributed by atoms with Crippen LogP contribution in [0.2, 0.25) is 0 Å². The maximum Gasteiger partial charge on any atom is 0.236 e. The molecule has 1 aliphatic heterocycles. The summed E-state index contributed by atoms with van der Waals surface area (Å²) in [5.74, 6) is -2.31. The molecule has 1 amide bonds. The minimum Gasteiger partial charge on any atom is -0.303 e. The highest BCUT2D eigenvalue weighted by atomic mass is 32.2. The van der Waals surface area contributed by atoms with Crippen molar-refractivity contribution in [2.24, 2.45) is 10.2 Å². The van der Waals surface area contributed by atoms with E-state index < -0.39 is 11.6 Å². The van der Waals surface area contributed by atoms with Gasteiger partial charge in [0.15, 0.2) is 16.8 Å². The number of hydrogen-bond acceptors (Lipinski definition) is 5. The summed E-state index contributed by atoms with van der Waals surface area (Å²) < 4.78 is 26.8. The molecule has 0 bridgehead atoms. The topological polar surface area (TPSA) is 77.6 Å². The SMILES string of the molecule is N#Cc1ccc(C=NN=C2NC(=O)CS2)c(F)c1F. The van der Waals surface area contributed by atoms with Crippen LogP contribution < -0.4 is 5.32 Å². The maximum absolute atomic E-state index is 13.5. The molecule has 0 radical (unpaired) electrons. The van der Waals surface area contributed by atoms with E-state index in [1.54, 1.807) is 0 Å². The summed E-state index contributed by atoms with van der Waals surface area (Å²) in [7, 11) is 0. The molecule has 1 saturated heterocycles. The lowest BCUT2D eigenvalue weighted by molar-refractivity contribution is -0.116. The number of thioether (sulfide) groups is 1. The number of nitrogens with one attached hydrogen (secondary N) is 1. The standard InChI is InChI=1S/C11H6F2N4OS/c12-9-6(3-14)1-2-7(10(9)13)4-15-17-11-16-8(18)5-19-11/h1-2,4H,5H2,(H,16,17,18). The van der Waals surface area contributed by atoms with E-state index in [2.05, 4.69) is 15.5 Å². The van der Waals surface area contributed by atoms with Gasteiger partial charge < -0.3 is 5.32 Å². The molecule has 1 aromatic carbocycles. The second-order valence-corrected chi connectivity index (χ2v) is 4.39. The van der Waals surface area contributed by atoms with Gasteiger partial charge in [0.1, 0.15) is 6.07 Å². The van der Waals surface area contributed by atoms with Gasteiger partial charge in [-0.1, -0.05) is 11.8 Å². The molecule has 2 rings (SSSR count). The van der Waals surface area contributed by atoms with Gasteiger partial charge in [-0.25, -0.2) is 8.78 Å². The van der Waals surface area contributed by atoms with Crippen molar-refractivity contribution < 1.29 is 13.6 Å². The zero-order valence-corrected chi connectivity index (χ0v) is 10.2. The third-order valence-corrected chi connectivity index (χ3v) is 3.03. The first kappa shape index (κ1) is 13.2. The molecule has 8 heteroatoms. The van der Waals surface area contributed by atoms with Crippen molar-refractivity contribution in [3.8, 4) is 6.07 Å². The fourth-order valence-corrected chi connectivity index (χ4v) is 1.90. The van der Waals surface area contributed by atoms with Crippen molar-refractivity contribution in [1.82, 2.24) is 5.32 Å². The number of rotatable bonds is 2. The Morgan fingerprint density at radius 3 is 2.84 bits per heavy atom. The van der Waals surface area contributed by atoms with Gasteiger partial charge in [0, 0.05) is 5.56 Å². The van der Waals surface area contributed by atoms with E-state index in [0.717, 1.165) is 24.0 Å². The number of carbonyl (C=O) groups is 1. The van der Waals surface area contributed by atoms with Gasteiger partial charge in [0.2, 0.25) is 5.91 Å². The fourth-order valence-electron chi connectivity index (χ4n) is 1.27. The molecule has 1 aliphatic rings. The molecule has 0 unspecified atom stereocenters. The Kier molecular flexibility index (Phi) is 3.87. The van der Waals surface area contributed by atoms with Gasteiger partial charge in [-0.15, -0.1) is 5.10 Å². The molecule has 19 heavy (non-hydrogen) atoms. The average molecular weight is 280 g/mol. The summed E-state index contributed by atoms with van der Waals surface area (Å²) in [4.78, 5) is 10.9. The van der Waals surface area contributed by atoms with Crippen LogP contribution in [0.4, 0.5) is 8.78 Å². The Hall–Kier alpha value is -2.27. The van der Waals surface area contributed by atoms with Crippen molar-refractivity contribution in [3.05, 3.63) is 34.9 Å². The number of carbonyl (C=O) groups excluding carboxylic acids is 1. The number of amidine groups is 1. The van der Waals surface area contributed by atoms with E-state index >= 15 is 0 Å². The van der Waals surface area contributed by atoms with Crippen LogP contribution in [0.1, 0.15) is 11.1 Å². The molecule has 0 atom stereocenters. The molecule has 0 aromatic heterocycles. The maximum atomic E-state index is 13.5. The lowest BCUT2D eigenvalue weighted by atomic mass is 10.1. The van der Waals surface area contributed by atoms with Gasteiger partial charge in [-0.2, -0.15) is 10.4 Å². The van der Waals surface area contributed by atoms with Gasteiger partial charge in [-0.05, 0) is 12.1 Å². The predicted octanol–water partition coefficient (Wildman–Crippen LogP) is 1.39. The Morgan fingerprint density at radius 1 is 1.42 bits per heavy atom. The van der Waals surface area contributed by atoms with Crippen LogP contribution >= 0.6 is 11.8 Å². The highest BCUT2D eigenvalue weighted by molar-refractivity contribution is 8.15. The quantitative estimate of drug-likeness (QED) is 0.657. The molecular formula is C11H6F2N4OS. The Labute approximate surface area is 111 Å². The van der Waals surface area contributed by atoms with Crippen LogP contribution in [0, 0.1) is 23.0 Å². The predicted molar refractivity (Wildman–Crippen MR) is 66.7 cm³/mol. The number of amides is 1. The van der Waals surface area contributed by atoms with E-state index in [9.17, 15) is 13.6 Å². The third-order valence-electron chi connectivity index (χ3n) is 2.16. The lowest BCUT2D eigenvalue weighted by Gasteiger charge is -1.98. The summed E-state index contributed by atoms with van der Waals surface area (Å²) in [6, 6.07) is 3.91. The highest BCUT2D eigenvalue weighted by Gasteiger charge is 2.16. The first-order valence-electron chi connectivity index (χ1n) is 5.03. The molecule has 0 spiro atoms. The highest BCUT2D eigenvalue weighted by Crippen LogP contribution is 2.14. The van der Waals surface area contributed by atoms with Crippen LogP contribution in [0.5, 0.6) is 0 Å². The van der Waals surface area contributed by atoms with Crippen LogP contribution in [0.15, 0.2) is 22.3 Å². The van der Waals surface area contributed by atoms with Crippen molar-refractivity contribution >= 4 is 29.1 Å². The summed E-state index contributed by atoms with van der Waals surface area (Å²) in [6.45, 7) is 0. The number of nitrogens with zero attached hydrogens (tertiary/aromatic N) is 3. The number of hydrogen-bond donors (Lipinski definition) is 1. The molecule has 5 nitrogen and oxygen atoms in total. The minimum atomic E-state index is -1.22. The van der Waals surface area contributed by atoms with Crippen LogP contribution in [-0.4, -0.2) is 23.0 Å². The monoisotopic (exact) mass is 280 g/mol. The van der Waals surface area contributed by atoms with Crippen LogP contribution in [0.3, 0.4) is 0 Å². The van der Waals surface area contributed by atoms with Crippen LogP contribution in [-0.2, 0) is 4.79 Å². The second-order valence-electron chi connectivity index (χ2n) is 3.43. The largest absolute Gasteiger partial charge is 0.303 e. The van der Waals surface area contributed by atoms with Crippen molar-refractivity contribution in [2.45, 2.75) is 0 Å². The van der Waals surface area contributed by atoms with Gasteiger partial charge in [-0.3, -0.25) is 4.79 Å². The Balaban J connectivity index is 2.18. The lowest BCUT2D eigenvalue weighted by Crippen LogP contribution is -2.19. The molecule has 1 heterocycles. The molecule has 0 saturated carbocycles. The number of benzene rings is 1. The van der Waals surface area contributed by atoms with Gasteiger partial charge in [0.05, 0.1) is 17.5 Å². The van der Waals surface area contributed by atoms with Gasteiger partial charge in [0.25, 0.3) is 0 Å². The Morgan fingerprint density at radius 2 is 2.21 bits per heavy atom. The summed E-state index contributed by atoms with van der Waals surface area (Å²) in [6.07, 6.45) is 1.01. The first-order chi connectivity index (χ1) is 9.11. The molecule has 96 valence electrons. The van der Waals surface area contributed by atoms with Crippen molar-refractivity contribution in [1.29, 1.82) is 5.26 Å². The third kappa shape index (κ3) is 2.95. The van der Waals surface area contributed by atoms with Crippen molar-refractivity contribution in [2.75, 3.05) is 5.75 Å². The normalized spacial score (nSPS) is 16.9.